The van der Waals surface area contributed by atoms with E-state index >= 15 is 0 Å². The smallest absolute Gasteiger partial charge is 0.282 e. The number of hydrogen-bond acceptors (Lipinski definition) is 6. The number of hydrogen-bond donors (Lipinski definition) is 0. The standard InChI is InChI=1S/C25H21BrN4O4/c1-2-4-24-28-23-12-9-19(26)14-22(23)25(31)29(24)27-15-18-5-3-6-21(13-18)34-16-17-7-10-20(11-8-17)30(32)33/h3,5-15H,2,4,16H2,1H3. The van der Waals surface area contributed by atoms with E-state index < -0.39 is 4.92 Å². The van der Waals surface area contributed by atoms with Gasteiger partial charge in [-0.25, -0.2) is 4.98 Å². The summed E-state index contributed by atoms with van der Waals surface area (Å²) < 4.78 is 7.98. The summed E-state index contributed by atoms with van der Waals surface area (Å²) in [5.74, 6) is 1.22. The molecular formula is C25H21BrN4O4. The van der Waals surface area contributed by atoms with Crippen LogP contribution in [-0.4, -0.2) is 20.8 Å². The summed E-state index contributed by atoms with van der Waals surface area (Å²) in [7, 11) is 0. The van der Waals surface area contributed by atoms with Gasteiger partial charge in [-0.2, -0.15) is 9.78 Å². The van der Waals surface area contributed by atoms with E-state index in [4.69, 9.17) is 4.74 Å². The second-order valence-electron chi connectivity index (χ2n) is 7.59. The lowest BCUT2D eigenvalue weighted by Crippen LogP contribution is -2.22. The van der Waals surface area contributed by atoms with Crippen LogP contribution in [0.4, 0.5) is 5.69 Å². The molecule has 0 aliphatic carbocycles. The number of non-ortho nitro benzene ring substituents is 1. The van der Waals surface area contributed by atoms with Crippen molar-refractivity contribution >= 4 is 38.7 Å². The fraction of sp³-hybridized carbons (Fsp3) is 0.160. The zero-order valence-corrected chi connectivity index (χ0v) is 19.9. The molecule has 0 spiro atoms. The molecule has 8 nitrogen and oxygen atoms in total. The highest BCUT2D eigenvalue weighted by molar-refractivity contribution is 9.10. The number of ether oxygens (including phenoxy) is 1. The molecule has 34 heavy (non-hydrogen) atoms. The van der Waals surface area contributed by atoms with Crippen molar-refractivity contribution in [3.8, 4) is 5.75 Å². The number of halogens is 1. The van der Waals surface area contributed by atoms with Crippen molar-refractivity contribution in [1.82, 2.24) is 9.66 Å². The molecule has 0 aliphatic rings. The Morgan fingerprint density at radius 3 is 2.68 bits per heavy atom. The Morgan fingerprint density at radius 2 is 1.94 bits per heavy atom. The van der Waals surface area contributed by atoms with Gasteiger partial charge in [-0.1, -0.05) is 35.0 Å². The van der Waals surface area contributed by atoms with Crippen LogP contribution >= 0.6 is 15.9 Å². The van der Waals surface area contributed by atoms with Gasteiger partial charge in [-0.05, 0) is 60.0 Å². The van der Waals surface area contributed by atoms with Gasteiger partial charge in [0.25, 0.3) is 11.2 Å². The van der Waals surface area contributed by atoms with Crippen molar-refractivity contribution in [2.75, 3.05) is 0 Å². The molecule has 0 bridgehead atoms. The maximum absolute atomic E-state index is 13.1. The zero-order chi connectivity index (χ0) is 24.1. The lowest BCUT2D eigenvalue weighted by Gasteiger charge is -2.09. The molecule has 9 heteroatoms. The fourth-order valence-corrected chi connectivity index (χ4v) is 3.75. The molecule has 0 saturated carbocycles. The first-order valence-corrected chi connectivity index (χ1v) is 11.5. The largest absolute Gasteiger partial charge is 0.489 e. The SMILES string of the molecule is CCCc1nc2ccc(Br)cc2c(=O)n1N=Cc1cccc(OCc2ccc([N+](=O)[O-])cc2)c1. The van der Waals surface area contributed by atoms with E-state index in [9.17, 15) is 14.9 Å². The lowest BCUT2D eigenvalue weighted by atomic mass is 10.2. The number of aromatic nitrogens is 2. The quantitative estimate of drug-likeness (QED) is 0.174. The lowest BCUT2D eigenvalue weighted by molar-refractivity contribution is -0.384. The minimum absolute atomic E-state index is 0.0372. The van der Waals surface area contributed by atoms with Crippen molar-refractivity contribution in [3.63, 3.8) is 0 Å². The Hall–Kier alpha value is -3.85. The fourth-order valence-electron chi connectivity index (χ4n) is 3.39. The van der Waals surface area contributed by atoms with Crippen LogP contribution in [0.3, 0.4) is 0 Å². The maximum Gasteiger partial charge on any atom is 0.282 e. The summed E-state index contributed by atoms with van der Waals surface area (Å²) in [4.78, 5) is 28.1. The molecule has 1 aromatic heterocycles. The van der Waals surface area contributed by atoms with Crippen molar-refractivity contribution in [2.24, 2.45) is 5.10 Å². The average Bonchev–Trinajstić information content (AvgIpc) is 2.84. The summed E-state index contributed by atoms with van der Waals surface area (Å²) in [5, 5.41) is 15.7. The average molecular weight is 521 g/mol. The normalized spacial score (nSPS) is 11.2. The number of fused-ring (bicyclic) bond motifs is 1. The molecule has 0 aliphatic heterocycles. The predicted octanol–water partition coefficient (Wildman–Crippen LogP) is 5.48. The number of nitro benzene ring substituents is 1. The number of benzene rings is 3. The second kappa shape index (κ2) is 10.4. The third kappa shape index (κ3) is 5.37. The molecule has 0 unspecified atom stereocenters. The van der Waals surface area contributed by atoms with Crippen LogP contribution in [0, 0.1) is 10.1 Å². The number of rotatable bonds is 8. The minimum Gasteiger partial charge on any atom is -0.489 e. The summed E-state index contributed by atoms with van der Waals surface area (Å²) >= 11 is 3.41. The summed E-state index contributed by atoms with van der Waals surface area (Å²) in [6, 6.07) is 19.0. The Morgan fingerprint density at radius 1 is 1.15 bits per heavy atom. The first kappa shape index (κ1) is 23.3. The highest BCUT2D eigenvalue weighted by Crippen LogP contribution is 2.18. The predicted molar refractivity (Wildman–Crippen MR) is 135 cm³/mol. The Labute approximate surface area is 203 Å². The van der Waals surface area contributed by atoms with Crippen LogP contribution < -0.4 is 10.3 Å². The van der Waals surface area contributed by atoms with Gasteiger partial charge in [0.15, 0.2) is 0 Å². The number of aryl methyl sites for hydroxylation is 1. The van der Waals surface area contributed by atoms with E-state index in [2.05, 4.69) is 26.0 Å². The van der Waals surface area contributed by atoms with E-state index in [-0.39, 0.29) is 17.9 Å². The molecule has 4 aromatic rings. The van der Waals surface area contributed by atoms with E-state index in [0.717, 1.165) is 22.0 Å². The maximum atomic E-state index is 13.1. The monoisotopic (exact) mass is 520 g/mol. The van der Waals surface area contributed by atoms with Gasteiger partial charge in [0, 0.05) is 23.0 Å². The van der Waals surface area contributed by atoms with Crippen LogP contribution in [0.5, 0.6) is 5.75 Å². The van der Waals surface area contributed by atoms with Crippen LogP contribution in [0.25, 0.3) is 10.9 Å². The van der Waals surface area contributed by atoms with Gasteiger partial charge in [0.2, 0.25) is 0 Å². The van der Waals surface area contributed by atoms with Crippen molar-refractivity contribution < 1.29 is 9.66 Å². The molecular weight excluding hydrogens is 500 g/mol. The highest BCUT2D eigenvalue weighted by atomic mass is 79.9. The van der Waals surface area contributed by atoms with Crippen LogP contribution in [-0.2, 0) is 13.0 Å². The third-order valence-corrected chi connectivity index (χ3v) is 5.58. The van der Waals surface area contributed by atoms with Crippen molar-refractivity contribution in [2.45, 2.75) is 26.4 Å². The van der Waals surface area contributed by atoms with Gasteiger partial charge in [0.05, 0.1) is 22.0 Å². The first-order chi connectivity index (χ1) is 16.4. The van der Waals surface area contributed by atoms with E-state index in [1.165, 1.54) is 16.8 Å². The van der Waals surface area contributed by atoms with Crippen molar-refractivity contribution in [3.05, 3.63) is 109 Å². The first-order valence-electron chi connectivity index (χ1n) is 10.7. The summed E-state index contributed by atoms with van der Waals surface area (Å²) in [5.41, 5.74) is 2.02. The topological polar surface area (TPSA) is 99.6 Å². The van der Waals surface area contributed by atoms with Crippen LogP contribution in [0.1, 0.15) is 30.3 Å². The van der Waals surface area contributed by atoms with Crippen LogP contribution in [0.2, 0.25) is 0 Å². The Kier molecular flexibility index (Phi) is 7.12. The molecule has 3 aromatic carbocycles. The number of nitro groups is 1. The third-order valence-electron chi connectivity index (χ3n) is 5.08. The van der Waals surface area contributed by atoms with E-state index in [0.29, 0.717) is 28.9 Å². The second-order valence-corrected chi connectivity index (χ2v) is 8.50. The van der Waals surface area contributed by atoms with Gasteiger partial charge in [-0.15, -0.1) is 0 Å². The van der Waals surface area contributed by atoms with Gasteiger partial charge < -0.3 is 4.74 Å². The molecule has 0 N–H and O–H groups in total. The Bertz CT molecular complexity index is 1430. The molecule has 172 valence electrons. The van der Waals surface area contributed by atoms with Crippen molar-refractivity contribution in [1.29, 1.82) is 0 Å². The number of nitrogens with zero attached hydrogens (tertiary/aromatic N) is 4. The van der Waals surface area contributed by atoms with Crippen LogP contribution in [0.15, 0.2) is 81.1 Å². The molecule has 0 amide bonds. The summed E-state index contributed by atoms with van der Waals surface area (Å²) in [6.45, 7) is 2.29. The van der Waals surface area contributed by atoms with E-state index in [1.54, 1.807) is 24.4 Å². The van der Waals surface area contributed by atoms with Gasteiger partial charge in [-0.3, -0.25) is 14.9 Å². The zero-order valence-electron chi connectivity index (χ0n) is 18.3. The van der Waals surface area contributed by atoms with Gasteiger partial charge in [0.1, 0.15) is 18.2 Å². The van der Waals surface area contributed by atoms with E-state index in [1.807, 2.05) is 43.3 Å². The molecule has 0 atom stereocenters. The van der Waals surface area contributed by atoms with Gasteiger partial charge >= 0.3 is 0 Å². The molecule has 0 radical (unpaired) electrons. The molecule has 0 fully saturated rings. The minimum atomic E-state index is -0.436. The molecule has 0 saturated heterocycles. The summed E-state index contributed by atoms with van der Waals surface area (Å²) in [6.07, 6.45) is 3.05. The Balaban J connectivity index is 1.56. The molecule has 4 rings (SSSR count). The molecule has 1 heterocycles. The highest BCUT2D eigenvalue weighted by Gasteiger charge is 2.10.